The number of benzene rings is 2. The molecule has 0 saturated heterocycles. The molecule has 1 amide bonds. The van der Waals surface area contributed by atoms with Gasteiger partial charge < -0.3 is 5.32 Å². The third-order valence-corrected chi connectivity index (χ3v) is 5.29. The number of H-pyrrole nitrogens is 1. The number of fused-ring (bicyclic) bond motifs is 1. The Morgan fingerprint density at radius 3 is 2.48 bits per heavy atom. The number of rotatable bonds is 6. The summed E-state index contributed by atoms with van der Waals surface area (Å²) in [5.74, 6) is -0.307. The number of aromatic amines is 1. The minimum Gasteiger partial charge on any atom is -0.345 e. The lowest BCUT2D eigenvalue weighted by molar-refractivity contribution is 0.0945. The highest BCUT2D eigenvalue weighted by Crippen LogP contribution is 2.17. The fourth-order valence-corrected chi connectivity index (χ4v) is 3.64. The Morgan fingerprint density at radius 2 is 1.70 bits per heavy atom. The average molecular weight is 436 g/mol. The lowest BCUT2D eigenvalue weighted by atomic mass is 10.1. The predicted molar refractivity (Wildman–Crippen MR) is 125 cm³/mol. The van der Waals surface area contributed by atoms with Crippen LogP contribution in [0.25, 0.3) is 22.0 Å². The number of hydrogen-bond donors (Lipinski definition) is 2. The van der Waals surface area contributed by atoms with Crippen molar-refractivity contribution in [2.24, 2.45) is 0 Å². The molecule has 0 spiro atoms. The summed E-state index contributed by atoms with van der Waals surface area (Å²) in [5.41, 5.74) is 3.07. The van der Waals surface area contributed by atoms with Crippen molar-refractivity contribution < 1.29 is 4.79 Å². The van der Waals surface area contributed by atoms with Gasteiger partial charge in [-0.2, -0.15) is 10.2 Å². The second-order valence-corrected chi connectivity index (χ2v) is 7.49. The van der Waals surface area contributed by atoms with Crippen molar-refractivity contribution in [3.8, 4) is 11.3 Å². The lowest BCUT2D eigenvalue weighted by Crippen LogP contribution is -2.29. The molecule has 8 heteroatoms. The van der Waals surface area contributed by atoms with Crippen LogP contribution in [0.15, 0.2) is 89.9 Å². The molecule has 162 valence electrons. The normalized spacial score (nSPS) is 10.9. The van der Waals surface area contributed by atoms with Gasteiger partial charge in [-0.05, 0) is 24.3 Å². The molecule has 5 rings (SSSR count). The molecule has 33 heavy (non-hydrogen) atoms. The highest BCUT2D eigenvalue weighted by Gasteiger charge is 2.14. The van der Waals surface area contributed by atoms with E-state index in [0.717, 1.165) is 11.3 Å². The van der Waals surface area contributed by atoms with Crippen LogP contribution in [0.5, 0.6) is 0 Å². The van der Waals surface area contributed by atoms with Crippen LogP contribution in [0.3, 0.4) is 0 Å². The molecule has 0 fully saturated rings. The van der Waals surface area contributed by atoms with Crippen molar-refractivity contribution in [1.29, 1.82) is 0 Å². The van der Waals surface area contributed by atoms with Gasteiger partial charge in [-0.25, -0.2) is 4.68 Å². The molecule has 0 saturated carbocycles. The van der Waals surface area contributed by atoms with Crippen LogP contribution in [0.2, 0.25) is 0 Å². The predicted octanol–water partition coefficient (Wildman–Crippen LogP) is 3.16. The second kappa shape index (κ2) is 8.88. The van der Waals surface area contributed by atoms with E-state index in [4.69, 9.17) is 0 Å². The first-order valence-corrected chi connectivity index (χ1v) is 10.5. The van der Waals surface area contributed by atoms with E-state index < -0.39 is 0 Å². The van der Waals surface area contributed by atoms with Gasteiger partial charge in [0.25, 0.3) is 11.5 Å². The zero-order valence-corrected chi connectivity index (χ0v) is 17.6. The number of carbonyl (C=O) groups excluding carboxylic acids is 1. The van der Waals surface area contributed by atoms with Crippen LogP contribution in [0, 0.1) is 0 Å². The van der Waals surface area contributed by atoms with E-state index in [-0.39, 0.29) is 24.6 Å². The van der Waals surface area contributed by atoms with E-state index >= 15 is 0 Å². The summed E-state index contributed by atoms with van der Waals surface area (Å²) in [7, 11) is 0. The van der Waals surface area contributed by atoms with E-state index in [1.807, 2.05) is 66.7 Å². The van der Waals surface area contributed by atoms with E-state index in [1.54, 1.807) is 18.3 Å². The minimum atomic E-state index is -0.307. The average Bonchev–Trinajstić information content (AvgIpc) is 3.37. The Balaban J connectivity index is 1.40. The lowest BCUT2D eigenvalue weighted by Gasteiger charge is -2.11. The Bertz CT molecular complexity index is 1480. The van der Waals surface area contributed by atoms with Gasteiger partial charge in [0, 0.05) is 17.1 Å². The topological polar surface area (TPSA) is 106 Å². The van der Waals surface area contributed by atoms with E-state index in [1.165, 1.54) is 4.68 Å². The summed E-state index contributed by atoms with van der Waals surface area (Å²) in [5, 5.41) is 15.7. The maximum atomic E-state index is 13.0. The van der Waals surface area contributed by atoms with Crippen molar-refractivity contribution in [2.75, 3.05) is 0 Å². The van der Waals surface area contributed by atoms with Crippen LogP contribution in [0.1, 0.15) is 21.9 Å². The largest absolute Gasteiger partial charge is 0.345 e. The SMILES string of the molecule is O=C(NCc1nn(Cc2ccccn2)c(=O)c2ccccc12)c1cc(-c2ccccc2)n[nH]1. The van der Waals surface area contributed by atoms with Gasteiger partial charge in [0.05, 0.1) is 35.6 Å². The molecule has 0 aliphatic rings. The molecule has 0 unspecified atom stereocenters. The Morgan fingerprint density at radius 1 is 0.939 bits per heavy atom. The molecule has 0 bridgehead atoms. The number of hydrogen-bond acceptors (Lipinski definition) is 5. The number of nitrogens with zero attached hydrogens (tertiary/aromatic N) is 4. The summed E-state index contributed by atoms with van der Waals surface area (Å²) >= 11 is 0. The molecule has 0 aliphatic carbocycles. The molecule has 3 aromatic heterocycles. The molecule has 8 nitrogen and oxygen atoms in total. The third-order valence-electron chi connectivity index (χ3n) is 5.29. The van der Waals surface area contributed by atoms with E-state index in [2.05, 4.69) is 25.6 Å². The number of carbonyl (C=O) groups is 1. The highest BCUT2D eigenvalue weighted by molar-refractivity contribution is 5.93. The zero-order valence-electron chi connectivity index (χ0n) is 17.6. The smallest absolute Gasteiger partial charge is 0.275 e. The minimum absolute atomic E-state index is 0.154. The van der Waals surface area contributed by atoms with Gasteiger partial charge >= 0.3 is 0 Å². The van der Waals surface area contributed by atoms with Gasteiger partial charge in [-0.1, -0.05) is 54.6 Å². The molecule has 3 heterocycles. The summed E-state index contributed by atoms with van der Waals surface area (Å²) < 4.78 is 1.38. The summed E-state index contributed by atoms with van der Waals surface area (Å²) in [4.78, 5) is 30.0. The fraction of sp³-hybridized carbons (Fsp3) is 0.0800. The first-order valence-electron chi connectivity index (χ1n) is 10.5. The first kappa shape index (κ1) is 20.3. The van der Waals surface area contributed by atoms with Crippen molar-refractivity contribution in [1.82, 2.24) is 30.3 Å². The van der Waals surface area contributed by atoms with Crippen molar-refractivity contribution in [2.45, 2.75) is 13.1 Å². The molecular formula is C25H20N6O2. The molecule has 2 aromatic carbocycles. The van der Waals surface area contributed by atoms with Crippen molar-refractivity contribution in [3.63, 3.8) is 0 Å². The van der Waals surface area contributed by atoms with Crippen LogP contribution in [-0.2, 0) is 13.1 Å². The molecule has 5 aromatic rings. The molecule has 0 aliphatic heterocycles. The number of amides is 1. The Labute approximate surface area is 188 Å². The van der Waals surface area contributed by atoms with Gasteiger partial charge in [0.2, 0.25) is 0 Å². The quantitative estimate of drug-likeness (QED) is 0.425. The van der Waals surface area contributed by atoms with Crippen LogP contribution in [0.4, 0.5) is 0 Å². The Hall–Kier alpha value is -4.59. The van der Waals surface area contributed by atoms with Crippen LogP contribution >= 0.6 is 0 Å². The third kappa shape index (κ3) is 4.27. The second-order valence-electron chi connectivity index (χ2n) is 7.49. The highest BCUT2D eigenvalue weighted by atomic mass is 16.2. The summed E-state index contributed by atoms with van der Waals surface area (Å²) in [6, 6.07) is 24.1. The van der Waals surface area contributed by atoms with Gasteiger partial charge in [-0.3, -0.25) is 19.7 Å². The van der Waals surface area contributed by atoms with Crippen LogP contribution < -0.4 is 10.9 Å². The van der Waals surface area contributed by atoms with E-state index in [0.29, 0.717) is 27.9 Å². The number of pyridine rings is 1. The van der Waals surface area contributed by atoms with E-state index in [9.17, 15) is 9.59 Å². The number of aromatic nitrogens is 5. The fourth-order valence-electron chi connectivity index (χ4n) is 3.64. The zero-order chi connectivity index (χ0) is 22.6. The van der Waals surface area contributed by atoms with Gasteiger partial charge in [-0.15, -0.1) is 0 Å². The molecule has 0 radical (unpaired) electrons. The maximum absolute atomic E-state index is 13.0. The monoisotopic (exact) mass is 436 g/mol. The van der Waals surface area contributed by atoms with Gasteiger partial charge in [0.1, 0.15) is 5.69 Å². The molecule has 2 N–H and O–H groups in total. The van der Waals surface area contributed by atoms with Gasteiger partial charge in [0.15, 0.2) is 0 Å². The van der Waals surface area contributed by atoms with Crippen molar-refractivity contribution in [3.05, 3.63) is 112 Å². The van der Waals surface area contributed by atoms with Crippen LogP contribution in [-0.4, -0.2) is 30.9 Å². The standard InChI is InChI=1S/C25H20N6O2/c32-24(22-14-21(28-29-22)17-8-2-1-3-9-17)27-15-23-19-11-4-5-12-20(19)25(33)31(30-23)16-18-10-6-7-13-26-18/h1-14H,15-16H2,(H,27,32)(H,28,29). The first-order chi connectivity index (χ1) is 16.2. The Kier molecular flexibility index (Phi) is 5.47. The maximum Gasteiger partial charge on any atom is 0.275 e. The van der Waals surface area contributed by atoms with Crippen molar-refractivity contribution >= 4 is 16.7 Å². The molecular weight excluding hydrogens is 416 g/mol. The molecule has 0 atom stereocenters. The number of nitrogens with one attached hydrogen (secondary N) is 2. The summed E-state index contributed by atoms with van der Waals surface area (Å²) in [6.45, 7) is 0.397. The summed E-state index contributed by atoms with van der Waals surface area (Å²) in [6.07, 6.45) is 1.68.